The summed E-state index contributed by atoms with van der Waals surface area (Å²) >= 11 is 6.08. The monoisotopic (exact) mass is 410 g/mol. The van der Waals surface area contributed by atoms with E-state index in [0.717, 1.165) is 0 Å². The highest BCUT2D eigenvalue weighted by Gasteiger charge is 2.38. The third kappa shape index (κ3) is 6.38. The second-order valence-electron chi connectivity index (χ2n) is 8.89. The minimum atomic E-state index is -1.23. The molecule has 1 saturated heterocycles. The van der Waals surface area contributed by atoms with E-state index in [0.29, 0.717) is 36.5 Å². The molecule has 1 atom stereocenters. The molecule has 0 saturated carbocycles. The van der Waals surface area contributed by atoms with E-state index in [4.69, 9.17) is 16.3 Å². The number of ether oxygens (including phenoxy) is 1. The Bertz CT molecular complexity index is 701. The van der Waals surface area contributed by atoms with Gasteiger partial charge < -0.3 is 20.1 Å². The Morgan fingerprint density at radius 2 is 1.82 bits per heavy atom. The fourth-order valence-corrected chi connectivity index (χ4v) is 3.64. The summed E-state index contributed by atoms with van der Waals surface area (Å²) in [5.41, 5.74) is -1.08. The topological polar surface area (TPSA) is 78.9 Å². The number of rotatable bonds is 4. The number of likely N-dealkylation sites (tertiary alicyclic amines) is 1. The molecule has 7 heteroatoms. The van der Waals surface area contributed by atoms with Gasteiger partial charge in [0.15, 0.2) is 0 Å². The molecule has 156 valence electrons. The average molecular weight is 411 g/mol. The maximum Gasteiger partial charge on any atom is 0.407 e. The van der Waals surface area contributed by atoms with Gasteiger partial charge in [0, 0.05) is 24.2 Å². The van der Waals surface area contributed by atoms with Crippen LogP contribution in [0.3, 0.4) is 0 Å². The first-order chi connectivity index (χ1) is 12.9. The van der Waals surface area contributed by atoms with E-state index in [-0.39, 0.29) is 11.9 Å². The Morgan fingerprint density at radius 3 is 2.32 bits per heavy atom. The number of hydrogen-bond donors (Lipinski definition) is 2. The van der Waals surface area contributed by atoms with Crippen molar-refractivity contribution in [3.05, 3.63) is 34.9 Å². The fourth-order valence-electron chi connectivity index (χ4n) is 3.44. The lowest BCUT2D eigenvalue weighted by atomic mass is 9.83. The molecule has 0 bridgehead atoms. The summed E-state index contributed by atoms with van der Waals surface area (Å²) in [6.45, 7) is 9.74. The average Bonchev–Trinajstić information content (AvgIpc) is 2.52. The van der Waals surface area contributed by atoms with Crippen LogP contribution in [-0.2, 0) is 9.53 Å². The highest BCUT2D eigenvalue weighted by atomic mass is 35.5. The number of carbonyl (C=O) groups excluding carboxylic acids is 2. The number of carbonyl (C=O) groups is 2. The smallest absolute Gasteiger partial charge is 0.407 e. The normalized spacial score (nSPS) is 17.2. The first kappa shape index (κ1) is 22.5. The molecule has 1 aromatic carbocycles. The van der Waals surface area contributed by atoms with Crippen molar-refractivity contribution in [2.24, 2.45) is 0 Å². The summed E-state index contributed by atoms with van der Waals surface area (Å²) in [7, 11) is 0. The van der Waals surface area contributed by atoms with Crippen LogP contribution >= 0.6 is 11.6 Å². The van der Waals surface area contributed by atoms with Crippen LogP contribution in [0.15, 0.2) is 24.3 Å². The molecule has 1 aromatic rings. The number of aliphatic hydroxyl groups is 1. The molecule has 2 rings (SSSR count). The van der Waals surface area contributed by atoms with Crippen LogP contribution in [0.4, 0.5) is 4.79 Å². The number of hydrogen-bond acceptors (Lipinski definition) is 4. The largest absolute Gasteiger partial charge is 0.444 e. The van der Waals surface area contributed by atoms with Gasteiger partial charge in [-0.3, -0.25) is 4.79 Å². The summed E-state index contributed by atoms with van der Waals surface area (Å²) in [5, 5.41) is 14.0. The van der Waals surface area contributed by atoms with Gasteiger partial charge in [-0.1, -0.05) is 23.7 Å². The summed E-state index contributed by atoms with van der Waals surface area (Å²) in [4.78, 5) is 26.9. The second kappa shape index (κ2) is 8.70. The molecule has 0 aromatic heterocycles. The summed E-state index contributed by atoms with van der Waals surface area (Å²) < 4.78 is 5.29. The third-order valence-corrected chi connectivity index (χ3v) is 4.90. The molecule has 6 nitrogen and oxygen atoms in total. The van der Waals surface area contributed by atoms with Crippen molar-refractivity contribution in [3.63, 3.8) is 0 Å². The van der Waals surface area contributed by atoms with Gasteiger partial charge in [0.2, 0.25) is 5.91 Å². The molecule has 2 amide bonds. The van der Waals surface area contributed by atoms with Crippen molar-refractivity contribution in [3.8, 4) is 0 Å². The van der Waals surface area contributed by atoms with Crippen molar-refractivity contribution in [1.29, 1.82) is 0 Å². The number of amides is 2. The van der Waals surface area contributed by atoms with Crippen molar-refractivity contribution >= 4 is 23.6 Å². The lowest BCUT2D eigenvalue weighted by Gasteiger charge is -2.38. The zero-order chi connectivity index (χ0) is 21.1. The molecule has 0 radical (unpaired) electrons. The van der Waals surface area contributed by atoms with E-state index in [9.17, 15) is 14.7 Å². The van der Waals surface area contributed by atoms with Gasteiger partial charge in [-0.2, -0.15) is 0 Å². The number of nitrogens with one attached hydrogen (secondary N) is 1. The Kier molecular flexibility index (Phi) is 6.99. The maximum absolute atomic E-state index is 13.2. The van der Waals surface area contributed by atoms with E-state index in [1.807, 2.05) is 26.8 Å². The van der Waals surface area contributed by atoms with Crippen molar-refractivity contribution in [2.75, 3.05) is 13.1 Å². The minimum absolute atomic E-state index is 0.0364. The molecule has 1 heterocycles. The standard InChI is InChI=1S/C21H31ClN2O4/c1-20(2,3)28-19(26)23-16-9-11-24(12-10-16)18(25)17(21(4,5)27)14-7-6-8-15(22)13-14/h6-8,13,16-17,27H,9-12H2,1-5H3,(H,23,26). The molecular weight excluding hydrogens is 380 g/mol. The number of benzene rings is 1. The fraction of sp³-hybridized carbons (Fsp3) is 0.619. The molecule has 28 heavy (non-hydrogen) atoms. The van der Waals surface area contributed by atoms with Crippen molar-refractivity contribution < 1.29 is 19.4 Å². The summed E-state index contributed by atoms with van der Waals surface area (Å²) in [5.74, 6) is -0.841. The van der Waals surface area contributed by atoms with Crippen LogP contribution in [0.1, 0.15) is 58.9 Å². The van der Waals surface area contributed by atoms with Gasteiger partial charge >= 0.3 is 6.09 Å². The molecule has 1 fully saturated rings. The maximum atomic E-state index is 13.2. The lowest BCUT2D eigenvalue weighted by molar-refractivity contribution is -0.139. The Labute approximate surface area is 172 Å². The van der Waals surface area contributed by atoms with Gasteiger partial charge in [0.1, 0.15) is 5.60 Å². The van der Waals surface area contributed by atoms with Crippen LogP contribution in [0.2, 0.25) is 5.02 Å². The van der Waals surface area contributed by atoms with Crippen LogP contribution < -0.4 is 5.32 Å². The first-order valence-electron chi connectivity index (χ1n) is 9.63. The summed E-state index contributed by atoms with van der Waals surface area (Å²) in [6.07, 6.45) is 0.837. The number of piperidine rings is 1. The zero-order valence-electron chi connectivity index (χ0n) is 17.3. The predicted octanol–water partition coefficient (Wildman–Crippen LogP) is 3.71. The van der Waals surface area contributed by atoms with Gasteiger partial charge in [0.05, 0.1) is 11.5 Å². The van der Waals surface area contributed by atoms with Gasteiger partial charge in [0.25, 0.3) is 0 Å². The lowest BCUT2D eigenvalue weighted by Crippen LogP contribution is -2.50. The Hall–Kier alpha value is -1.79. The molecule has 1 aliphatic rings. The third-order valence-electron chi connectivity index (χ3n) is 4.66. The SMILES string of the molecule is CC(C)(C)OC(=O)NC1CCN(C(=O)C(c2cccc(Cl)c2)C(C)(C)O)CC1. The number of halogens is 1. The predicted molar refractivity (Wildman–Crippen MR) is 109 cm³/mol. The van der Waals surface area contributed by atoms with Crippen molar-refractivity contribution in [1.82, 2.24) is 10.2 Å². The Balaban J connectivity index is 2.02. The van der Waals surface area contributed by atoms with Crippen LogP contribution in [-0.4, -0.2) is 52.3 Å². The quantitative estimate of drug-likeness (QED) is 0.793. The van der Waals surface area contributed by atoms with E-state index < -0.39 is 23.2 Å². The van der Waals surface area contributed by atoms with E-state index in [1.54, 1.807) is 36.9 Å². The van der Waals surface area contributed by atoms with Gasteiger partial charge in [-0.25, -0.2) is 4.79 Å². The minimum Gasteiger partial charge on any atom is -0.444 e. The highest BCUT2D eigenvalue weighted by molar-refractivity contribution is 6.30. The molecular formula is C21H31ClN2O4. The van der Waals surface area contributed by atoms with Gasteiger partial charge in [-0.15, -0.1) is 0 Å². The Morgan fingerprint density at radius 1 is 1.21 bits per heavy atom. The zero-order valence-corrected chi connectivity index (χ0v) is 18.0. The molecule has 0 aliphatic carbocycles. The summed E-state index contributed by atoms with van der Waals surface area (Å²) in [6, 6.07) is 7.01. The molecule has 1 unspecified atom stereocenters. The molecule has 2 N–H and O–H groups in total. The second-order valence-corrected chi connectivity index (χ2v) is 9.32. The van der Waals surface area contributed by atoms with E-state index >= 15 is 0 Å². The molecule has 1 aliphatic heterocycles. The first-order valence-corrected chi connectivity index (χ1v) is 10.0. The highest BCUT2D eigenvalue weighted by Crippen LogP contribution is 2.32. The van der Waals surface area contributed by atoms with E-state index in [1.165, 1.54) is 0 Å². The van der Waals surface area contributed by atoms with E-state index in [2.05, 4.69) is 5.32 Å². The number of alkyl carbamates (subject to hydrolysis) is 1. The van der Waals surface area contributed by atoms with Gasteiger partial charge in [-0.05, 0) is 65.2 Å². The number of nitrogens with zero attached hydrogens (tertiary/aromatic N) is 1. The van der Waals surface area contributed by atoms with Crippen LogP contribution in [0.25, 0.3) is 0 Å². The van der Waals surface area contributed by atoms with Crippen LogP contribution in [0, 0.1) is 0 Å². The van der Waals surface area contributed by atoms with Crippen LogP contribution in [0.5, 0.6) is 0 Å². The van der Waals surface area contributed by atoms with Crippen molar-refractivity contribution in [2.45, 2.75) is 70.6 Å². The molecule has 0 spiro atoms.